The lowest BCUT2D eigenvalue weighted by Crippen LogP contribution is -2.38. The second-order valence-corrected chi connectivity index (χ2v) is 8.43. The van der Waals surface area contributed by atoms with Crippen molar-refractivity contribution in [3.63, 3.8) is 0 Å². The van der Waals surface area contributed by atoms with Crippen LogP contribution in [-0.4, -0.2) is 65.4 Å². The van der Waals surface area contributed by atoms with E-state index in [1.165, 1.54) is 17.2 Å². The van der Waals surface area contributed by atoms with E-state index in [9.17, 15) is 17.6 Å². The van der Waals surface area contributed by atoms with E-state index in [2.05, 4.69) is 24.6 Å². The fraction of sp³-hybridized carbons (Fsp3) is 0.550. The van der Waals surface area contributed by atoms with Gasteiger partial charge in [0.05, 0.1) is 31.0 Å². The summed E-state index contributed by atoms with van der Waals surface area (Å²) >= 11 is 0. The molecular weight excluding hydrogens is 432 g/mol. The third-order valence-electron chi connectivity index (χ3n) is 6.07. The predicted molar refractivity (Wildman–Crippen MR) is 108 cm³/mol. The molecule has 5 heterocycles. The molecule has 0 aromatic carbocycles. The van der Waals surface area contributed by atoms with E-state index in [0.717, 1.165) is 6.42 Å². The second-order valence-electron chi connectivity index (χ2n) is 8.43. The first-order chi connectivity index (χ1) is 15.2. The van der Waals surface area contributed by atoms with E-state index in [1.807, 2.05) is 0 Å². The van der Waals surface area contributed by atoms with Crippen LogP contribution < -0.4 is 20.3 Å². The van der Waals surface area contributed by atoms with Gasteiger partial charge >= 0.3 is 6.61 Å². The average Bonchev–Trinajstić information content (AvgIpc) is 3.43. The Morgan fingerprint density at radius 1 is 1.25 bits per heavy atom. The molecule has 5 rings (SSSR count). The van der Waals surface area contributed by atoms with Gasteiger partial charge in [0.15, 0.2) is 11.6 Å². The van der Waals surface area contributed by atoms with Crippen LogP contribution in [0.1, 0.15) is 19.8 Å². The van der Waals surface area contributed by atoms with Crippen molar-refractivity contribution in [2.75, 3.05) is 35.2 Å². The number of ether oxygens (including phenoxy) is 2. The summed E-state index contributed by atoms with van der Waals surface area (Å²) < 4.78 is 63.7. The molecule has 3 fully saturated rings. The molecule has 0 amide bonds. The highest BCUT2D eigenvalue weighted by Gasteiger charge is 2.45. The predicted octanol–water partition coefficient (Wildman–Crippen LogP) is 2.93. The van der Waals surface area contributed by atoms with E-state index in [0.29, 0.717) is 30.2 Å². The summed E-state index contributed by atoms with van der Waals surface area (Å²) in [6, 6.07) is 2.68. The summed E-state index contributed by atoms with van der Waals surface area (Å²) in [5.74, 6) is -2.60. The summed E-state index contributed by atoms with van der Waals surface area (Å²) in [6.45, 7) is -0.675. The molecule has 0 aliphatic carbocycles. The van der Waals surface area contributed by atoms with Crippen LogP contribution in [-0.2, 0) is 4.74 Å². The summed E-state index contributed by atoms with van der Waals surface area (Å²) in [7, 11) is 0. The van der Waals surface area contributed by atoms with Crippen molar-refractivity contribution in [2.45, 2.75) is 50.5 Å². The van der Waals surface area contributed by atoms with Gasteiger partial charge in [0.1, 0.15) is 5.82 Å². The van der Waals surface area contributed by atoms with Crippen LogP contribution >= 0.6 is 0 Å². The highest BCUT2D eigenvalue weighted by atomic mass is 19.3. The molecule has 3 aliphatic heterocycles. The molecule has 3 aliphatic rings. The lowest BCUT2D eigenvalue weighted by Gasteiger charge is -2.30. The Morgan fingerprint density at radius 2 is 2.06 bits per heavy atom. The van der Waals surface area contributed by atoms with Crippen LogP contribution in [0.25, 0.3) is 11.3 Å². The Kier molecular flexibility index (Phi) is 4.99. The van der Waals surface area contributed by atoms with Crippen molar-refractivity contribution in [3.05, 3.63) is 18.3 Å². The zero-order valence-corrected chi connectivity index (χ0v) is 17.2. The minimum Gasteiger partial charge on any atom is -0.431 e. The lowest BCUT2D eigenvalue weighted by molar-refractivity contribution is -0.0494. The molecule has 0 spiro atoms. The fourth-order valence-electron chi connectivity index (χ4n) is 4.59. The first-order valence-corrected chi connectivity index (χ1v) is 10.3. The fourth-order valence-corrected chi connectivity index (χ4v) is 4.59. The summed E-state index contributed by atoms with van der Waals surface area (Å²) in [5.41, 5.74) is 6.36. The molecular formula is C20H22F4N6O2. The van der Waals surface area contributed by atoms with Crippen molar-refractivity contribution < 1.29 is 27.0 Å². The van der Waals surface area contributed by atoms with Gasteiger partial charge in [-0.3, -0.25) is 0 Å². The van der Waals surface area contributed by atoms with Crippen molar-refractivity contribution in [2.24, 2.45) is 0 Å². The molecule has 32 heavy (non-hydrogen) atoms. The largest absolute Gasteiger partial charge is 0.431 e. The number of alkyl halides is 4. The number of anilines is 3. The zero-order valence-electron chi connectivity index (χ0n) is 17.2. The van der Waals surface area contributed by atoms with Crippen molar-refractivity contribution >= 4 is 17.6 Å². The number of pyridine rings is 1. The van der Waals surface area contributed by atoms with Crippen molar-refractivity contribution in [1.29, 1.82) is 0 Å². The van der Waals surface area contributed by atoms with Crippen LogP contribution in [0.4, 0.5) is 35.1 Å². The SMILES string of the molecule is C[C@@H]1CC(F)(F)CN1c1nc(-c2cnc(N)c(OC(F)F)c2)cc(N2C[C@@H]3C[C@H]2CO3)n1. The van der Waals surface area contributed by atoms with Crippen LogP contribution in [0.5, 0.6) is 5.75 Å². The number of rotatable bonds is 5. The Hall–Kier alpha value is -2.89. The van der Waals surface area contributed by atoms with Gasteiger partial charge in [-0.25, -0.2) is 18.7 Å². The molecule has 2 aromatic heterocycles. The Morgan fingerprint density at radius 3 is 2.69 bits per heavy atom. The van der Waals surface area contributed by atoms with Gasteiger partial charge in [0.25, 0.3) is 5.92 Å². The average molecular weight is 454 g/mol. The van der Waals surface area contributed by atoms with E-state index < -0.39 is 25.1 Å². The van der Waals surface area contributed by atoms with Gasteiger partial charge in [-0.15, -0.1) is 0 Å². The molecule has 2 aromatic rings. The normalized spacial score (nSPS) is 26.4. The maximum absolute atomic E-state index is 14.1. The summed E-state index contributed by atoms with van der Waals surface area (Å²) in [5, 5.41) is 0. The lowest BCUT2D eigenvalue weighted by atomic mass is 10.2. The maximum atomic E-state index is 14.1. The first-order valence-electron chi connectivity index (χ1n) is 10.3. The molecule has 0 radical (unpaired) electrons. The Bertz CT molecular complexity index is 1030. The van der Waals surface area contributed by atoms with Crippen LogP contribution in [0.15, 0.2) is 18.3 Å². The van der Waals surface area contributed by atoms with Gasteiger partial charge in [0.2, 0.25) is 5.95 Å². The monoisotopic (exact) mass is 454 g/mol. The third-order valence-corrected chi connectivity index (χ3v) is 6.07. The zero-order chi connectivity index (χ0) is 22.6. The van der Waals surface area contributed by atoms with Crippen molar-refractivity contribution in [3.8, 4) is 17.0 Å². The topological polar surface area (TPSA) is 89.6 Å². The highest BCUT2D eigenvalue weighted by Crippen LogP contribution is 2.38. The molecule has 3 saturated heterocycles. The molecule has 2 bridgehead atoms. The van der Waals surface area contributed by atoms with Crippen LogP contribution in [0.2, 0.25) is 0 Å². The minimum atomic E-state index is -3.07. The number of fused-ring (bicyclic) bond motifs is 2. The van der Waals surface area contributed by atoms with E-state index in [4.69, 9.17) is 10.5 Å². The minimum absolute atomic E-state index is 0.0983. The first kappa shape index (κ1) is 21.0. The van der Waals surface area contributed by atoms with E-state index in [1.54, 1.807) is 13.0 Å². The van der Waals surface area contributed by atoms with Gasteiger partial charge in [0, 0.05) is 36.8 Å². The number of halogens is 4. The maximum Gasteiger partial charge on any atom is 0.387 e. The number of nitrogens with zero attached hydrogens (tertiary/aromatic N) is 5. The number of hydrogen-bond acceptors (Lipinski definition) is 8. The summed E-state index contributed by atoms with van der Waals surface area (Å²) in [6.07, 6.45) is 2.04. The second kappa shape index (κ2) is 7.61. The van der Waals surface area contributed by atoms with Gasteiger partial charge < -0.3 is 25.0 Å². The van der Waals surface area contributed by atoms with Gasteiger partial charge in [-0.2, -0.15) is 13.8 Å². The third kappa shape index (κ3) is 3.87. The number of nitrogens with two attached hydrogens (primary N) is 1. The molecule has 2 N–H and O–H groups in total. The highest BCUT2D eigenvalue weighted by molar-refractivity contribution is 5.68. The van der Waals surface area contributed by atoms with Gasteiger partial charge in [-0.05, 0) is 19.4 Å². The van der Waals surface area contributed by atoms with Crippen LogP contribution in [0, 0.1) is 0 Å². The molecule has 3 atom stereocenters. The van der Waals surface area contributed by atoms with E-state index >= 15 is 0 Å². The number of morpholine rings is 1. The van der Waals surface area contributed by atoms with Crippen LogP contribution in [0.3, 0.4) is 0 Å². The summed E-state index contributed by atoms with van der Waals surface area (Å²) in [4.78, 5) is 16.6. The molecule has 8 nitrogen and oxygen atoms in total. The quantitative estimate of drug-likeness (QED) is 0.690. The molecule has 0 unspecified atom stereocenters. The molecule has 12 heteroatoms. The standard InChI is InChI=1S/C20H22F4N6O2/c1-10-5-20(23,24)9-30(10)19-27-14(11-2-15(32-18(21)22)17(25)26-6-11)4-16(28-19)29-7-13-3-12(29)8-31-13/h2,4,6,10,12-13,18H,3,5,7-9H2,1H3,(H2,25,26)/t10-,12+,13+/m1/s1. The number of aromatic nitrogens is 3. The Labute approximate surface area is 181 Å². The van der Waals surface area contributed by atoms with Gasteiger partial charge in [-0.1, -0.05) is 0 Å². The number of hydrogen-bond donors (Lipinski definition) is 1. The van der Waals surface area contributed by atoms with E-state index in [-0.39, 0.29) is 36.1 Å². The smallest absolute Gasteiger partial charge is 0.387 e. The molecule has 0 saturated carbocycles. The van der Waals surface area contributed by atoms with Crippen molar-refractivity contribution in [1.82, 2.24) is 15.0 Å². The molecule has 172 valence electrons. The number of nitrogen functional groups attached to an aromatic ring is 1. The Balaban J connectivity index is 1.57.